The highest BCUT2D eigenvalue weighted by Gasteiger charge is 2.61. The Hall–Kier alpha value is -0.310. The third-order valence-electron chi connectivity index (χ3n) is 1.12. The Bertz CT molecular complexity index is 250. The first-order valence-corrected chi connectivity index (χ1v) is 5.12. The van der Waals surface area contributed by atoms with E-state index >= 15 is 0 Å². The summed E-state index contributed by atoms with van der Waals surface area (Å²) in [5.74, 6) is 0. The molecule has 0 rings (SSSR count). The van der Waals surface area contributed by atoms with Crippen molar-refractivity contribution in [3.8, 4) is 0 Å². The molecule has 1 atom stereocenters. The summed E-state index contributed by atoms with van der Waals surface area (Å²) in [6.07, 6.45) is -11.3. The molecule has 2 nitrogen and oxygen atoms in total. The van der Waals surface area contributed by atoms with E-state index in [-0.39, 0.29) is 0 Å². The lowest BCUT2D eigenvalue weighted by atomic mass is 10.2. The molecule has 0 amide bonds. The maximum atomic E-state index is 12.0. The lowest BCUT2D eigenvalue weighted by molar-refractivity contribution is -0.226. The van der Waals surface area contributed by atoms with Crippen LogP contribution in [0.4, 0.5) is 26.3 Å². The average molecular weight is 272 g/mol. The third-order valence-corrected chi connectivity index (χ3v) is 2.70. The second-order valence-corrected chi connectivity index (χ2v) is 5.08. The molecular weight excluding hydrogens is 262 g/mol. The summed E-state index contributed by atoms with van der Waals surface area (Å²) in [5.41, 5.74) is -1.36. The Morgan fingerprint density at radius 2 is 1.25 bits per heavy atom. The van der Waals surface area contributed by atoms with Crippen LogP contribution in [-0.2, 0) is 15.3 Å². The van der Waals surface area contributed by atoms with Crippen LogP contribution in [0.2, 0.25) is 0 Å². The minimum absolute atomic E-state index is 1.20. The molecule has 0 saturated heterocycles. The van der Waals surface area contributed by atoms with Gasteiger partial charge in [-0.05, 0) is 20.8 Å². The van der Waals surface area contributed by atoms with Crippen molar-refractivity contribution in [1.29, 1.82) is 0 Å². The molecule has 0 radical (unpaired) electrons. The van der Waals surface area contributed by atoms with Crippen molar-refractivity contribution in [3.05, 3.63) is 0 Å². The van der Waals surface area contributed by atoms with Gasteiger partial charge in [0.1, 0.15) is 0 Å². The zero-order chi connectivity index (χ0) is 13.4. The van der Waals surface area contributed by atoms with Crippen molar-refractivity contribution >= 4 is 11.1 Å². The van der Waals surface area contributed by atoms with Crippen molar-refractivity contribution in [2.24, 2.45) is 0 Å². The summed E-state index contributed by atoms with van der Waals surface area (Å²) >= 11 is -3.52. The molecule has 1 unspecified atom stereocenters. The van der Waals surface area contributed by atoms with Crippen molar-refractivity contribution in [3.63, 3.8) is 0 Å². The van der Waals surface area contributed by atoms with Gasteiger partial charge in [-0.3, -0.25) is 4.18 Å². The summed E-state index contributed by atoms with van der Waals surface area (Å²) in [7, 11) is 0. The van der Waals surface area contributed by atoms with Crippen LogP contribution in [0.3, 0.4) is 0 Å². The van der Waals surface area contributed by atoms with E-state index in [0.717, 1.165) is 0 Å². The van der Waals surface area contributed by atoms with Crippen LogP contribution >= 0.6 is 0 Å². The van der Waals surface area contributed by atoms with Crippen LogP contribution in [0.25, 0.3) is 0 Å². The van der Waals surface area contributed by atoms with E-state index in [0.29, 0.717) is 0 Å². The van der Waals surface area contributed by atoms with Crippen LogP contribution < -0.4 is 0 Å². The van der Waals surface area contributed by atoms with Gasteiger partial charge in [-0.15, -0.1) is 0 Å². The predicted octanol–water partition coefficient (Wildman–Crippen LogP) is 2.96. The number of hydrogen-bond acceptors (Lipinski definition) is 2. The van der Waals surface area contributed by atoms with Gasteiger partial charge >= 0.3 is 12.4 Å². The van der Waals surface area contributed by atoms with Crippen molar-refractivity contribution in [2.75, 3.05) is 0 Å². The fourth-order valence-electron chi connectivity index (χ4n) is 0.698. The van der Waals surface area contributed by atoms with E-state index < -0.39 is 34.3 Å². The fourth-order valence-corrected chi connectivity index (χ4v) is 1.72. The van der Waals surface area contributed by atoms with Gasteiger partial charge in [0.15, 0.2) is 11.1 Å². The Balaban J connectivity index is 5.03. The highest BCUT2D eigenvalue weighted by atomic mass is 32.2. The molecule has 0 aromatic heterocycles. The summed E-state index contributed by atoms with van der Waals surface area (Å²) in [4.78, 5) is 0. The van der Waals surface area contributed by atoms with Gasteiger partial charge in [0.05, 0.1) is 5.60 Å². The first-order valence-electron chi connectivity index (χ1n) is 3.98. The number of alkyl halides is 6. The first kappa shape index (κ1) is 15.7. The number of halogens is 6. The lowest BCUT2D eigenvalue weighted by Crippen LogP contribution is -2.47. The Labute approximate surface area is 90.6 Å². The molecule has 0 aliphatic carbocycles. The van der Waals surface area contributed by atoms with Crippen LogP contribution in [0.1, 0.15) is 20.8 Å². The minimum atomic E-state index is -5.66. The molecule has 0 aliphatic rings. The Kier molecular flexibility index (Phi) is 4.43. The Morgan fingerprint density at radius 3 is 1.44 bits per heavy atom. The van der Waals surface area contributed by atoms with E-state index in [1.54, 1.807) is 0 Å². The van der Waals surface area contributed by atoms with Gasteiger partial charge in [-0.2, -0.15) is 26.3 Å². The average Bonchev–Trinajstić information content (AvgIpc) is 1.70. The van der Waals surface area contributed by atoms with E-state index in [1.807, 2.05) is 0 Å². The highest BCUT2D eigenvalue weighted by Crippen LogP contribution is 2.38. The van der Waals surface area contributed by atoms with Crippen molar-refractivity contribution in [1.82, 2.24) is 0 Å². The molecule has 0 heterocycles. The summed E-state index contributed by atoms with van der Waals surface area (Å²) < 4.78 is 87.4. The van der Waals surface area contributed by atoms with Gasteiger partial charge in [-0.25, -0.2) is 4.21 Å². The molecule has 0 aliphatic heterocycles. The summed E-state index contributed by atoms with van der Waals surface area (Å²) in [6, 6.07) is 0. The maximum absolute atomic E-state index is 12.0. The first-order chi connectivity index (χ1) is 6.75. The molecule has 0 spiro atoms. The molecule has 16 heavy (non-hydrogen) atoms. The molecule has 0 aromatic rings. The van der Waals surface area contributed by atoms with Crippen LogP contribution in [0.15, 0.2) is 0 Å². The monoisotopic (exact) mass is 272 g/mol. The van der Waals surface area contributed by atoms with E-state index in [9.17, 15) is 30.6 Å². The van der Waals surface area contributed by atoms with Crippen LogP contribution in [0, 0.1) is 0 Å². The van der Waals surface area contributed by atoms with Crippen LogP contribution in [-0.4, -0.2) is 27.4 Å². The SMILES string of the molecule is CC(C)(C)OS(=O)C(C(F)(F)F)C(F)(F)F. The predicted molar refractivity (Wildman–Crippen MR) is 44.9 cm³/mol. The van der Waals surface area contributed by atoms with Gasteiger partial charge in [-0.1, -0.05) is 0 Å². The highest BCUT2D eigenvalue weighted by molar-refractivity contribution is 7.81. The zero-order valence-corrected chi connectivity index (χ0v) is 9.39. The van der Waals surface area contributed by atoms with E-state index in [4.69, 9.17) is 0 Å². The summed E-state index contributed by atoms with van der Waals surface area (Å²) in [6.45, 7) is 3.61. The second kappa shape index (κ2) is 4.52. The second-order valence-electron chi connectivity index (χ2n) is 3.92. The normalized spacial score (nSPS) is 16.6. The van der Waals surface area contributed by atoms with E-state index in [2.05, 4.69) is 4.18 Å². The number of hydrogen-bond donors (Lipinski definition) is 0. The molecule has 0 N–H and O–H groups in total. The summed E-state index contributed by atoms with van der Waals surface area (Å²) in [5, 5.41) is -3.99. The van der Waals surface area contributed by atoms with Crippen molar-refractivity contribution in [2.45, 2.75) is 44.0 Å². The van der Waals surface area contributed by atoms with Gasteiger partial charge in [0.2, 0.25) is 0 Å². The van der Waals surface area contributed by atoms with Gasteiger partial charge < -0.3 is 0 Å². The smallest absolute Gasteiger partial charge is 0.284 e. The fraction of sp³-hybridized carbons (Fsp3) is 1.00. The minimum Gasteiger partial charge on any atom is -0.284 e. The lowest BCUT2D eigenvalue weighted by Gasteiger charge is -2.25. The standard InChI is InChI=1S/C7H10F6O2S/c1-5(2,3)15-16(14)4(6(8,9)10)7(11,12)13/h4H,1-3H3. The van der Waals surface area contributed by atoms with Gasteiger partial charge in [0.25, 0.3) is 5.25 Å². The molecule has 0 saturated carbocycles. The van der Waals surface area contributed by atoms with Gasteiger partial charge in [0, 0.05) is 0 Å². The molecule has 9 heteroatoms. The molecule has 0 bridgehead atoms. The number of rotatable bonds is 2. The van der Waals surface area contributed by atoms with E-state index in [1.165, 1.54) is 20.8 Å². The zero-order valence-electron chi connectivity index (χ0n) is 8.57. The largest absolute Gasteiger partial charge is 0.414 e. The topological polar surface area (TPSA) is 26.3 Å². The molecule has 0 aromatic carbocycles. The quantitative estimate of drug-likeness (QED) is 0.722. The Morgan fingerprint density at radius 1 is 0.938 bits per heavy atom. The van der Waals surface area contributed by atoms with Crippen molar-refractivity contribution < 1.29 is 34.7 Å². The maximum Gasteiger partial charge on any atom is 0.414 e. The molecular formula is C7H10F6O2S. The third kappa shape index (κ3) is 5.15. The molecule has 98 valence electrons. The molecule has 0 fully saturated rings. The van der Waals surface area contributed by atoms with Crippen LogP contribution in [0.5, 0.6) is 0 Å².